The van der Waals surface area contributed by atoms with Crippen molar-refractivity contribution in [3.05, 3.63) is 30.1 Å². The maximum atomic E-state index is 11.3. The number of fused-ring (bicyclic) bond motifs is 1. The molecule has 3 heterocycles. The van der Waals surface area contributed by atoms with Gasteiger partial charge in [-0.3, -0.25) is 9.99 Å². The van der Waals surface area contributed by atoms with Gasteiger partial charge in [0.05, 0.1) is 6.54 Å². The maximum absolute atomic E-state index is 11.3. The van der Waals surface area contributed by atoms with Crippen molar-refractivity contribution in [2.24, 2.45) is 11.0 Å². The third-order valence-electron chi connectivity index (χ3n) is 3.91. The highest BCUT2D eigenvalue weighted by Crippen LogP contribution is 2.25. The molecule has 118 valence electrons. The maximum Gasteiger partial charge on any atom is 0.407 e. The monoisotopic (exact) mass is 303 g/mol. The second-order valence-corrected chi connectivity index (χ2v) is 6.06. The smallest absolute Gasteiger partial charge is 0.407 e. The quantitative estimate of drug-likeness (QED) is 0.912. The van der Waals surface area contributed by atoms with Crippen LogP contribution in [0.4, 0.5) is 4.79 Å². The second kappa shape index (κ2) is 5.82. The Kier molecular flexibility index (Phi) is 3.87. The number of piperazine rings is 1. The Morgan fingerprint density at radius 2 is 2.23 bits per heavy atom. The number of pyridine rings is 1. The molecule has 1 N–H and O–H groups in total. The van der Waals surface area contributed by atoms with E-state index in [2.05, 4.69) is 23.7 Å². The van der Waals surface area contributed by atoms with Crippen LogP contribution in [0, 0.1) is 5.92 Å². The van der Waals surface area contributed by atoms with Gasteiger partial charge in [-0.25, -0.2) is 4.79 Å². The third-order valence-corrected chi connectivity index (χ3v) is 3.91. The molecule has 0 bridgehead atoms. The van der Waals surface area contributed by atoms with Gasteiger partial charge in [-0.15, -0.1) is 0 Å². The number of hydrogen-bond acceptors (Lipinski definition) is 5. The Labute approximate surface area is 129 Å². The molecular formula is C15H21N5O2. The molecule has 1 aromatic heterocycles. The van der Waals surface area contributed by atoms with Gasteiger partial charge < -0.3 is 14.9 Å². The molecule has 1 atom stereocenters. The average molecular weight is 303 g/mol. The van der Waals surface area contributed by atoms with Crippen LogP contribution in [0.15, 0.2) is 29.5 Å². The molecule has 0 radical (unpaired) electrons. The summed E-state index contributed by atoms with van der Waals surface area (Å²) in [4.78, 5) is 19.3. The zero-order valence-electron chi connectivity index (χ0n) is 12.9. The third kappa shape index (κ3) is 2.70. The minimum Gasteiger partial charge on any atom is -0.465 e. The van der Waals surface area contributed by atoms with E-state index in [1.807, 2.05) is 23.2 Å². The first kappa shape index (κ1) is 14.6. The summed E-state index contributed by atoms with van der Waals surface area (Å²) in [5, 5.41) is 16.0. The first-order valence-electron chi connectivity index (χ1n) is 7.57. The number of carboxylic acid groups (broad SMARTS) is 1. The van der Waals surface area contributed by atoms with Crippen LogP contribution in [0.25, 0.3) is 0 Å². The molecule has 7 nitrogen and oxygen atoms in total. The predicted molar refractivity (Wildman–Crippen MR) is 82.4 cm³/mol. The molecule has 1 aromatic rings. The van der Waals surface area contributed by atoms with Crippen molar-refractivity contribution in [3.63, 3.8) is 0 Å². The van der Waals surface area contributed by atoms with Crippen LogP contribution in [0.2, 0.25) is 0 Å². The van der Waals surface area contributed by atoms with Crippen molar-refractivity contribution in [3.8, 4) is 0 Å². The standard InChI is InChI=1S/C15H21N5O2/c1-11(2)9-20-13-10-18(15(21)22)7-8-19(13)14(17-20)12-5-3-4-6-16-12/h3-6,11,13H,7-10H2,1-2H3,(H,21,22). The molecule has 0 aliphatic carbocycles. The van der Waals surface area contributed by atoms with Gasteiger partial charge in [0.2, 0.25) is 0 Å². The first-order chi connectivity index (χ1) is 10.6. The van der Waals surface area contributed by atoms with Crippen molar-refractivity contribution < 1.29 is 9.90 Å². The van der Waals surface area contributed by atoms with Crippen LogP contribution >= 0.6 is 0 Å². The molecule has 2 aliphatic heterocycles. The largest absolute Gasteiger partial charge is 0.465 e. The highest BCUT2D eigenvalue weighted by molar-refractivity contribution is 5.98. The van der Waals surface area contributed by atoms with Gasteiger partial charge in [0.15, 0.2) is 5.84 Å². The molecule has 1 saturated heterocycles. The minimum absolute atomic E-state index is 0.0377. The lowest BCUT2D eigenvalue weighted by Crippen LogP contribution is -2.58. The van der Waals surface area contributed by atoms with Gasteiger partial charge in [0.1, 0.15) is 11.9 Å². The Morgan fingerprint density at radius 3 is 2.86 bits per heavy atom. The fourth-order valence-electron chi connectivity index (χ4n) is 2.92. The van der Waals surface area contributed by atoms with Crippen LogP contribution in [0.1, 0.15) is 19.5 Å². The van der Waals surface area contributed by atoms with Gasteiger partial charge in [0, 0.05) is 25.8 Å². The van der Waals surface area contributed by atoms with Gasteiger partial charge >= 0.3 is 6.09 Å². The molecule has 2 aliphatic rings. The van der Waals surface area contributed by atoms with E-state index in [0.717, 1.165) is 18.1 Å². The number of amides is 1. The summed E-state index contributed by atoms with van der Waals surface area (Å²) in [6.07, 6.45) is 0.852. The van der Waals surface area contributed by atoms with E-state index in [9.17, 15) is 9.90 Å². The van der Waals surface area contributed by atoms with Gasteiger partial charge in [-0.1, -0.05) is 19.9 Å². The van der Waals surface area contributed by atoms with Crippen LogP contribution in [-0.4, -0.2) is 69.2 Å². The number of aromatic nitrogens is 1. The Hall–Kier alpha value is -2.31. The van der Waals surface area contributed by atoms with Gasteiger partial charge in [-0.05, 0) is 18.1 Å². The van der Waals surface area contributed by atoms with Crippen molar-refractivity contribution >= 4 is 11.9 Å². The van der Waals surface area contributed by atoms with E-state index in [4.69, 9.17) is 5.10 Å². The Bertz CT molecular complexity index is 575. The lowest BCUT2D eigenvalue weighted by atomic mass is 10.2. The number of rotatable bonds is 3. The fraction of sp³-hybridized carbons (Fsp3) is 0.533. The topological polar surface area (TPSA) is 72.3 Å². The Balaban J connectivity index is 1.87. The summed E-state index contributed by atoms with van der Waals surface area (Å²) in [5.74, 6) is 1.30. The van der Waals surface area contributed by atoms with Gasteiger partial charge in [0.25, 0.3) is 0 Å². The van der Waals surface area contributed by atoms with E-state index in [1.165, 1.54) is 4.90 Å². The lowest BCUT2D eigenvalue weighted by Gasteiger charge is -2.40. The molecule has 7 heteroatoms. The lowest BCUT2D eigenvalue weighted by molar-refractivity contribution is 0.0385. The molecule has 0 saturated carbocycles. The molecule has 0 spiro atoms. The van der Waals surface area contributed by atoms with Crippen LogP contribution in [0.3, 0.4) is 0 Å². The van der Waals surface area contributed by atoms with E-state index in [-0.39, 0.29) is 6.17 Å². The summed E-state index contributed by atoms with van der Waals surface area (Å²) < 4.78 is 0. The number of hydrogen-bond donors (Lipinski definition) is 1. The average Bonchev–Trinajstić information content (AvgIpc) is 2.85. The summed E-state index contributed by atoms with van der Waals surface area (Å²) in [6, 6.07) is 5.77. The number of nitrogens with zero attached hydrogens (tertiary/aromatic N) is 5. The number of carbonyl (C=O) groups is 1. The number of hydrazone groups is 1. The zero-order chi connectivity index (χ0) is 15.7. The summed E-state index contributed by atoms with van der Waals surface area (Å²) >= 11 is 0. The molecule has 1 fully saturated rings. The van der Waals surface area contributed by atoms with E-state index >= 15 is 0 Å². The Morgan fingerprint density at radius 1 is 1.41 bits per heavy atom. The SMILES string of the molecule is CC(C)CN1N=C(c2ccccn2)N2CCN(C(=O)O)CC12. The van der Waals surface area contributed by atoms with E-state index in [1.54, 1.807) is 6.20 Å². The second-order valence-electron chi connectivity index (χ2n) is 6.06. The van der Waals surface area contributed by atoms with Crippen molar-refractivity contribution in [2.45, 2.75) is 20.0 Å². The molecule has 22 heavy (non-hydrogen) atoms. The summed E-state index contributed by atoms with van der Waals surface area (Å²) in [7, 11) is 0. The molecule has 1 amide bonds. The van der Waals surface area contributed by atoms with Crippen LogP contribution in [-0.2, 0) is 0 Å². The summed E-state index contributed by atoms with van der Waals surface area (Å²) in [6.45, 7) is 6.65. The zero-order valence-corrected chi connectivity index (χ0v) is 12.9. The van der Waals surface area contributed by atoms with Crippen LogP contribution < -0.4 is 0 Å². The fourth-order valence-corrected chi connectivity index (χ4v) is 2.92. The molecule has 1 unspecified atom stereocenters. The van der Waals surface area contributed by atoms with Crippen LogP contribution in [0.5, 0.6) is 0 Å². The summed E-state index contributed by atoms with van der Waals surface area (Å²) in [5.41, 5.74) is 0.836. The highest BCUT2D eigenvalue weighted by Gasteiger charge is 2.40. The molecule has 0 aromatic carbocycles. The first-order valence-corrected chi connectivity index (χ1v) is 7.57. The van der Waals surface area contributed by atoms with Crippen molar-refractivity contribution in [2.75, 3.05) is 26.2 Å². The highest BCUT2D eigenvalue weighted by atomic mass is 16.4. The van der Waals surface area contributed by atoms with E-state index in [0.29, 0.717) is 25.6 Å². The number of amidine groups is 1. The normalized spacial score (nSPS) is 21.1. The molecular weight excluding hydrogens is 282 g/mol. The van der Waals surface area contributed by atoms with Crippen molar-refractivity contribution in [1.29, 1.82) is 0 Å². The van der Waals surface area contributed by atoms with E-state index < -0.39 is 6.09 Å². The predicted octanol–water partition coefficient (Wildman–Crippen LogP) is 1.34. The minimum atomic E-state index is -0.865. The van der Waals surface area contributed by atoms with Gasteiger partial charge in [-0.2, -0.15) is 5.10 Å². The molecule has 3 rings (SSSR count). The van der Waals surface area contributed by atoms with Crippen molar-refractivity contribution in [1.82, 2.24) is 19.8 Å².